The molecule has 114 valence electrons. The molecule has 0 amide bonds. The van der Waals surface area contributed by atoms with E-state index in [1.807, 2.05) is 0 Å². The van der Waals surface area contributed by atoms with Gasteiger partial charge in [-0.1, -0.05) is 43.6 Å². The van der Waals surface area contributed by atoms with Crippen molar-refractivity contribution in [3.8, 4) is 0 Å². The predicted octanol–water partition coefficient (Wildman–Crippen LogP) is 5.05. The molecule has 0 saturated carbocycles. The molecule has 20 heavy (non-hydrogen) atoms. The zero-order valence-corrected chi connectivity index (χ0v) is 13.8. The van der Waals surface area contributed by atoms with Gasteiger partial charge in [-0.05, 0) is 39.5 Å². The molecule has 2 nitrogen and oxygen atoms in total. The van der Waals surface area contributed by atoms with Crippen molar-refractivity contribution in [3.63, 3.8) is 0 Å². The second-order valence-corrected chi connectivity index (χ2v) is 6.76. The molecule has 1 aliphatic carbocycles. The highest BCUT2D eigenvalue weighted by atomic mass is 16.5. The van der Waals surface area contributed by atoms with Crippen LogP contribution in [-0.4, -0.2) is 12.6 Å². The van der Waals surface area contributed by atoms with E-state index in [2.05, 4.69) is 34.3 Å². The Balaban J connectivity index is 2.85. The number of hydrogen-bond acceptors (Lipinski definition) is 2. The summed E-state index contributed by atoms with van der Waals surface area (Å²) in [6, 6.07) is 0. The highest BCUT2D eigenvalue weighted by Gasteiger charge is 2.32. The molecule has 0 aromatic rings. The molecule has 0 saturated heterocycles. The summed E-state index contributed by atoms with van der Waals surface area (Å²) in [7, 11) is 0. The van der Waals surface area contributed by atoms with Gasteiger partial charge in [-0.15, -0.1) is 0 Å². The number of esters is 1. The van der Waals surface area contributed by atoms with Gasteiger partial charge >= 0.3 is 5.97 Å². The predicted molar refractivity (Wildman–Crippen MR) is 84.5 cm³/mol. The summed E-state index contributed by atoms with van der Waals surface area (Å²) in [5.74, 6) is 0.351. The van der Waals surface area contributed by atoms with E-state index in [1.165, 1.54) is 30.9 Å². The van der Waals surface area contributed by atoms with Crippen molar-refractivity contribution in [2.45, 2.75) is 66.7 Å². The molecule has 2 unspecified atom stereocenters. The molecule has 0 N–H and O–H groups in total. The van der Waals surface area contributed by atoms with Crippen LogP contribution in [-0.2, 0) is 9.53 Å². The van der Waals surface area contributed by atoms with E-state index in [0.29, 0.717) is 12.5 Å². The number of carbonyl (C=O) groups is 1. The van der Waals surface area contributed by atoms with Crippen molar-refractivity contribution in [2.24, 2.45) is 11.3 Å². The number of ether oxygens (including phenoxy) is 1. The summed E-state index contributed by atoms with van der Waals surface area (Å²) >= 11 is 0. The fourth-order valence-electron chi connectivity index (χ4n) is 3.36. The van der Waals surface area contributed by atoms with E-state index >= 15 is 0 Å². The van der Waals surface area contributed by atoms with Gasteiger partial charge in [-0.3, -0.25) is 4.79 Å². The van der Waals surface area contributed by atoms with Crippen LogP contribution in [0.4, 0.5) is 0 Å². The molecular weight excluding hydrogens is 248 g/mol. The Morgan fingerprint density at radius 3 is 2.60 bits per heavy atom. The van der Waals surface area contributed by atoms with E-state index in [4.69, 9.17) is 4.74 Å². The SMILES string of the molecule is C=C(C)C1CCC(C)=C1CC(C)(CCC)COC(C)=O. The van der Waals surface area contributed by atoms with Crippen LogP contribution in [0.5, 0.6) is 0 Å². The lowest BCUT2D eigenvalue weighted by Gasteiger charge is -2.31. The lowest BCUT2D eigenvalue weighted by molar-refractivity contribution is -0.144. The third kappa shape index (κ3) is 4.50. The summed E-state index contributed by atoms with van der Waals surface area (Å²) in [5.41, 5.74) is 4.38. The van der Waals surface area contributed by atoms with Crippen molar-refractivity contribution in [3.05, 3.63) is 23.3 Å². The van der Waals surface area contributed by atoms with Crippen LogP contribution in [0.3, 0.4) is 0 Å². The lowest BCUT2D eigenvalue weighted by Crippen LogP contribution is -2.26. The number of carbonyl (C=O) groups excluding carboxylic acids is 1. The summed E-state index contributed by atoms with van der Waals surface area (Å²) in [4.78, 5) is 11.1. The van der Waals surface area contributed by atoms with Gasteiger partial charge in [-0.2, -0.15) is 0 Å². The van der Waals surface area contributed by atoms with Crippen molar-refractivity contribution < 1.29 is 9.53 Å². The van der Waals surface area contributed by atoms with Crippen LogP contribution >= 0.6 is 0 Å². The van der Waals surface area contributed by atoms with Crippen LogP contribution in [0.25, 0.3) is 0 Å². The van der Waals surface area contributed by atoms with E-state index in [-0.39, 0.29) is 11.4 Å². The van der Waals surface area contributed by atoms with Gasteiger partial charge in [0.25, 0.3) is 0 Å². The zero-order chi connectivity index (χ0) is 15.3. The maximum absolute atomic E-state index is 11.1. The molecule has 0 radical (unpaired) electrons. The first-order valence-electron chi connectivity index (χ1n) is 7.76. The second-order valence-electron chi connectivity index (χ2n) is 6.76. The molecule has 1 rings (SSSR count). The van der Waals surface area contributed by atoms with E-state index < -0.39 is 0 Å². The molecular formula is C18H30O2. The molecule has 2 atom stereocenters. The summed E-state index contributed by atoms with van der Waals surface area (Å²) in [5, 5.41) is 0. The molecule has 1 aliphatic rings. The van der Waals surface area contributed by atoms with Gasteiger partial charge in [0, 0.05) is 18.3 Å². The van der Waals surface area contributed by atoms with Gasteiger partial charge in [-0.25, -0.2) is 0 Å². The maximum Gasteiger partial charge on any atom is 0.302 e. The van der Waals surface area contributed by atoms with Crippen molar-refractivity contribution >= 4 is 5.97 Å². The molecule has 0 aliphatic heterocycles. The number of rotatable bonds is 7. The van der Waals surface area contributed by atoms with Gasteiger partial charge in [0.05, 0.1) is 6.61 Å². The first-order chi connectivity index (χ1) is 9.29. The quantitative estimate of drug-likeness (QED) is 0.481. The molecule has 0 fully saturated rings. The van der Waals surface area contributed by atoms with Gasteiger partial charge < -0.3 is 4.74 Å². The Labute approximate surface area is 124 Å². The Kier molecular flexibility index (Phi) is 6.04. The fourth-order valence-corrected chi connectivity index (χ4v) is 3.36. The van der Waals surface area contributed by atoms with E-state index in [1.54, 1.807) is 5.57 Å². The third-order valence-electron chi connectivity index (χ3n) is 4.47. The molecule has 0 heterocycles. The van der Waals surface area contributed by atoms with E-state index in [0.717, 1.165) is 19.3 Å². The monoisotopic (exact) mass is 278 g/mol. The van der Waals surface area contributed by atoms with Crippen molar-refractivity contribution in [2.75, 3.05) is 6.61 Å². The molecule has 0 aromatic carbocycles. The van der Waals surface area contributed by atoms with Crippen LogP contribution in [0, 0.1) is 11.3 Å². The third-order valence-corrected chi connectivity index (χ3v) is 4.47. The Bertz CT molecular complexity index is 406. The largest absolute Gasteiger partial charge is 0.465 e. The summed E-state index contributed by atoms with van der Waals surface area (Å²) in [6.45, 7) is 15.0. The molecule has 0 spiro atoms. The Hall–Kier alpha value is -1.05. The summed E-state index contributed by atoms with van der Waals surface area (Å²) < 4.78 is 5.32. The number of hydrogen-bond donors (Lipinski definition) is 0. The van der Waals surface area contributed by atoms with Crippen LogP contribution < -0.4 is 0 Å². The topological polar surface area (TPSA) is 26.3 Å². The van der Waals surface area contributed by atoms with Crippen LogP contribution in [0.1, 0.15) is 66.7 Å². The smallest absolute Gasteiger partial charge is 0.302 e. The fraction of sp³-hybridized carbons (Fsp3) is 0.722. The van der Waals surface area contributed by atoms with Crippen LogP contribution in [0.2, 0.25) is 0 Å². The standard InChI is InChI=1S/C18H30O2/c1-7-10-18(6,12-20-15(5)19)11-17-14(4)8-9-16(17)13(2)3/h16H,2,7-12H2,1,3-6H3. The van der Waals surface area contributed by atoms with E-state index in [9.17, 15) is 4.79 Å². The van der Waals surface area contributed by atoms with Crippen molar-refractivity contribution in [1.82, 2.24) is 0 Å². The summed E-state index contributed by atoms with van der Waals surface area (Å²) in [6.07, 6.45) is 5.61. The highest BCUT2D eigenvalue weighted by Crippen LogP contribution is 2.43. The normalized spacial score (nSPS) is 21.8. The van der Waals surface area contributed by atoms with Gasteiger partial charge in [0.15, 0.2) is 0 Å². The Morgan fingerprint density at radius 1 is 1.45 bits per heavy atom. The van der Waals surface area contributed by atoms with Gasteiger partial charge in [0.2, 0.25) is 0 Å². The minimum absolute atomic E-state index is 0.0506. The molecule has 0 aromatic heterocycles. The average molecular weight is 278 g/mol. The number of allylic oxidation sites excluding steroid dienone is 3. The molecule has 2 heteroatoms. The molecule has 0 bridgehead atoms. The van der Waals surface area contributed by atoms with Gasteiger partial charge in [0.1, 0.15) is 0 Å². The van der Waals surface area contributed by atoms with Crippen molar-refractivity contribution in [1.29, 1.82) is 0 Å². The highest BCUT2D eigenvalue weighted by molar-refractivity contribution is 5.65. The average Bonchev–Trinajstić information content (AvgIpc) is 2.69. The second kappa shape index (κ2) is 7.10. The first kappa shape index (κ1) is 17.0. The minimum Gasteiger partial charge on any atom is -0.465 e. The zero-order valence-electron chi connectivity index (χ0n) is 13.8. The maximum atomic E-state index is 11.1. The lowest BCUT2D eigenvalue weighted by atomic mass is 9.76. The first-order valence-corrected chi connectivity index (χ1v) is 7.76. The Morgan fingerprint density at radius 2 is 2.10 bits per heavy atom. The van der Waals surface area contributed by atoms with Crippen LogP contribution in [0.15, 0.2) is 23.3 Å². The minimum atomic E-state index is -0.180.